The fourth-order valence-electron chi connectivity index (χ4n) is 4.95. The fraction of sp³-hybridized carbons (Fsp3) is 0.571. The molecule has 0 bridgehead atoms. The lowest BCUT2D eigenvalue weighted by molar-refractivity contribution is -0.274. The van der Waals surface area contributed by atoms with Crippen LogP contribution >= 0.6 is 0 Å². The molecule has 3 atom stereocenters. The SMILES string of the molecule is C=CC[C@@H](CC[C@H](C)C(O)OCC)N(C)c1nnc2c(c1CO)CCCOCc1cc(OC(F)(F)F)cc(O)c1-2. The van der Waals surface area contributed by atoms with Crippen molar-refractivity contribution in [1.82, 2.24) is 10.2 Å². The number of aromatic nitrogens is 2. The molecule has 0 saturated heterocycles. The highest BCUT2D eigenvalue weighted by molar-refractivity contribution is 5.76. The van der Waals surface area contributed by atoms with E-state index in [0.29, 0.717) is 62.3 Å². The van der Waals surface area contributed by atoms with Crippen LogP contribution in [0, 0.1) is 5.92 Å². The van der Waals surface area contributed by atoms with Gasteiger partial charge < -0.3 is 34.4 Å². The van der Waals surface area contributed by atoms with Crippen molar-refractivity contribution < 1.29 is 42.7 Å². The Morgan fingerprint density at radius 1 is 1.25 bits per heavy atom. The number of phenolic OH excluding ortho intramolecular Hbond substituents is 1. The molecule has 1 aromatic carbocycles. The molecule has 0 spiro atoms. The number of hydrogen-bond donors (Lipinski definition) is 3. The first-order chi connectivity index (χ1) is 19.0. The highest BCUT2D eigenvalue weighted by Gasteiger charge is 2.33. The molecule has 40 heavy (non-hydrogen) atoms. The maximum atomic E-state index is 12.9. The van der Waals surface area contributed by atoms with E-state index < -0.39 is 24.2 Å². The summed E-state index contributed by atoms with van der Waals surface area (Å²) in [5.74, 6) is -0.691. The topological polar surface area (TPSA) is 117 Å². The molecule has 1 aromatic heterocycles. The van der Waals surface area contributed by atoms with Gasteiger partial charge in [-0.2, -0.15) is 0 Å². The number of ether oxygens (including phenoxy) is 3. The predicted octanol–water partition coefficient (Wildman–Crippen LogP) is 4.86. The van der Waals surface area contributed by atoms with Crippen molar-refractivity contribution in [3.05, 3.63) is 41.5 Å². The summed E-state index contributed by atoms with van der Waals surface area (Å²) in [7, 11) is 1.85. The van der Waals surface area contributed by atoms with Crippen LogP contribution in [-0.2, 0) is 29.1 Å². The van der Waals surface area contributed by atoms with E-state index in [9.17, 15) is 28.5 Å². The van der Waals surface area contributed by atoms with Gasteiger partial charge in [0.15, 0.2) is 12.1 Å². The average molecular weight is 570 g/mol. The zero-order chi connectivity index (χ0) is 29.4. The molecule has 222 valence electrons. The summed E-state index contributed by atoms with van der Waals surface area (Å²) < 4.78 is 53.5. The van der Waals surface area contributed by atoms with Crippen molar-refractivity contribution in [2.45, 2.75) is 77.9 Å². The third kappa shape index (κ3) is 7.84. The molecule has 0 saturated carbocycles. The second kappa shape index (κ2) is 14.1. The monoisotopic (exact) mass is 569 g/mol. The van der Waals surface area contributed by atoms with E-state index in [1.165, 1.54) is 0 Å². The van der Waals surface area contributed by atoms with Crippen molar-refractivity contribution in [2.75, 3.05) is 25.2 Å². The van der Waals surface area contributed by atoms with E-state index in [2.05, 4.69) is 21.5 Å². The van der Waals surface area contributed by atoms with Crippen LogP contribution in [0.4, 0.5) is 19.0 Å². The summed E-state index contributed by atoms with van der Waals surface area (Å²) in [5.41, 5.74) is 1.85. The largest absolute Gasteiger partial charge is 0.573 e. The summed E-state index contributed by atoms with van der Waals surface area (Å²) in [6.07, 6.45) is -1.07. The highest BCUT2D eigenvalue weighted by Crippen LogP contribution is 2.41. The molecule has 3 rings (SSSR count). The molecule has 0 aliphatic carbocycles. The van der Waals surface area contributed by atoms with Gasteiger partial charge in [-0.05, 0) is 56.2 Å². The summed E-state index contributed by atoms with van der Waals surface area (Å²) in [5, 5.41) is 40.3. The Labute approximate surface area is 232 Å². The molecule has 1 aliphatic heterocycles. The van der Waals surface area contributed by atoms with Gasteiger partial charge in [0, 0.05) is 49.4 Å². The maximum absolute atomic E-state index is 12.9. The van der Waals surface area contributed by atoms with Gasteiger partial charge in [-0.15, -0.1) is 29.9 Å². The number of nitrogens with zero attached hydrogens (tertiary/aromatic N) is 3. The maximum Gasteiger partial charge on any atom is 0.573 e. The molecule has 2 aromatic rings. The van der Waals surface area contributed by atoms with Crippen molar-refractivity contribution in [3.63, 3.8) is 0 Å². The number of aliphatic hydroxyl groups is 2. The lowest BCUT2D eigenvalue weighted by Gasteiger charge is -2.32. The lowest BCUT2D eigenvalue weighted by Crippen LogP contribution is -2.34. The van der Waals surface area contributed by atoms with E-state index in [1.807, 2.05) is 25.8 Å². The smallest absolute Gasteiger partial charge is 0.507 e. The molecule has 0 radical (unpaired) electrons. The predicted molar refractivity (Wildman–Crippen MR) is 143 cm³/mol. The van der Waals surface area contributed by atoms with Crippen LogP contribution in [0.1, 0.15) is 56.2 Å². The minimum absolute atomic E-state index is 0.0671. The quantitative estimate of drug-likeness (QED) is 0.243. The standard InChI is InChI=1S/C28H38F3N3O6/c1-5-8-19(11-10-17(3)27(37)39-6-2)34(4)26-22(15-35)21-9-7-12-38-16-18-13-20(40-28(29,30)31)14-23(36)24(18)25(21)32-33-26/h5,13-14,17,19,27,35-37H,1,6-12,15-16H2,2-4H3/t17-,19-,27?/m0/s1. The van der Waals surface area contributed by atoms with Gasteiger partial charge >= 0.3 is 6.36 Å². The molecular weight excluding hydrogens is 531 g/mol. The molecule has 9 nitrogen and oxygen atoms in total. The van der Waals surface area contributed by atoms with Crippen molar-refractivity contribution >= 4 is 5.82 Å². The van der Waals surface area contributed by atoms with Gasteiger partial charge in [0.1, 0.15) is 17.2 Å². The minimum atomic E-state index is -4.93. The number of rotatable bonds is 12. The van der Waals surface area contributed by atoms with Crippen molar-refractivity contribution in [2.24, 2.45) is 5.92 Å². The molecule has 12 heteroatoms. The van der Waals surface area contributed by atoms with Crippen LogP contribution in [0.2, 0.25) is 0 Å². The van der Waals surface area contributed by atoms with Gasteiger partial charge in [0.2, 0.25) is 0 Å². The Kier molecular flexibility index (Phi) is 11.1. The molecule has 1 aliphatic rings. The number of anilines is 1. The number of halogens is 3. The molecule has 0 fully saturated rings. The van der Waals surface area contributed by atoms with Gasteiger partial charge in [-0.3, -0.25) is 0 Å². The first kappa shape index (κ1) is 31.6. The Balaban J connectivity index is 2.03. The minimum Gasteiger partial charge on any atom is -0.507 e. The highest BCUT2D eigenvalue weighted by atomic mass is 19.4. The molecule has 3 N–H and O–H groups in total. The zero-order valence-electron chi connectivity index (χ0n) is 23.1. The number of aromatic hydroxyl groups is 1. The number of fused-ring (bicyclic) bond motifs is 3. The second-order valence-electron chi connectivity index (χ2n) is 9.86. The Morgan fingerprint density at radius 3 is 2.65 bits per heavy atom. The number of aliphatic hydroxyl groups excluding tert-OH is 2. The number of benzene rings is 1. The first-order valence-corrected chi connectivity index (χ1v) is 13.3. The number of hydrogen-bond acceptors (Lipinski definition) is 9. The zero-order valence-corrected chi connectivity index (χ0v) is 23.1. The normalized spacial score (nSPS) is 16.0. The van der Waals surface area contributed by atoms with E-state index in [-0.39, 0.29) is 42.0 Å². The van der Waals surface area contributed by atoms with Crippen LogP contribution in [0.25, 0.3) is 11.3 Å². The fourth-order valence-corrected chi connectivity index (χ4v) is 4.95. The molecular formula is C28H38F3N3O6. The summed E-state index contributed by atoms with van der Waals surface area (Å²) >= 11 is 0. The van der Waals surface area contributed by atoms with Crippen LogP contribution in [0.5, 0.6) is 11.5 Å². The van der Waals surface area contributed by atoms with Gasteiger partial charge in [-0.1, -0.05) is 13.0 Å². The van der Waals surface area contributed by atoms with E-state index >= 15 is 0 Å². The van der Waals surface area contributed by atoms with Gasteiger partial charge in [0.25, 0.3) is 0 Å². The summed E-state index contributed by atoms with van der Waals surface area (Å²) in [4.78, 5) is 1.92. The third-order valence-electron chi connectivity index (χ3n) is 7.04. The van der Waals surface area contributed by atoms with Crippen molar-refractivity contribution in [1.29, 1.82) is 0 Å². The van der Waals surface area contributed by atoms with Crippen LogP contribution in [0.15, 0.2) is 24.8 Å². The Hall–Kier alpha value is -2.93. The summed E-state index contributed by atoms with van der Waals surface area (Å²) in [6, 6.07) is 1.97. The van der Waals surface area contributed by atoms with Gasteiger partial charge in [0.05, 0.1) is 13.2 Å². The lowest BCUT2D eigenvalue weighted by atomic mass is 9.94. The third-order valence-corrected chi connectivity index (χ3v) is 7.04. The van der Waals surface area contributed by atoms with E-state index in [0.717, 1.165) is 12.1 Å². The molecule has 1 unspecified atom stereocenters. The van der Waals surface area contributed by atoms with Crippen LogP contribution in [0.3, 0.4) is 0 Å². The van der Waals surface area contributed by atoms with Crippen LogP contribution < -0.4 is 9.64 Å². The van der Waals surface area contributed by atoms with Crippen molar-refractivity contribution in [3.8, 4) is 22.8 Å². The van der Waals surface area contributed by atoms with E-state index in [1.54, 1.807) is 6.08 Å². The van der Waals surface area contributed by atoms with E-state index in [4.69, 9.17) is 9.47 Å². The van der Waals surface area contributed by atoms with Crippen LogP contribution in [-0.4, -0.2) is 64.5 Å². The molecule has 2 heterocycles. The summed E-state index contributed by atoms with van der Waals surface area (Å²) in [6.45, 7) is 7.88. The average Bonchev–Trinajstić information content (AvgIpc) is 2.97. The van der Waals surface area contributed by atoms with Gasteiger partial charge in [-0.25, -0.2) is 0 Å². The Morgan fingerprint density at radius 2 is 2.00 bits per heavy atom. The Bertz CT molecular complexity index is 1150. The first-order valence-electron chi connectivity index (χ1n) is 13.3. The second-order valence-corrected chi connectivity index (χ2v) is 9.86. The number of phenols is 1. The molecule has 0 amide bonds. The number of alkyl halides is 3.